The molecule has 3 rings (SSSR count). The predicted octanol–water partition coefficient (Wildman–Crippen LogP) is 3.14. The molecule has 1 saturated carbocycles. The summed E-state index contributed by atoms with van der Waals surface area (Å²) in [7, 11) is -3.40. The van der Waals surface area contributed by atoms with E-state index in [9.17, 15) is 13.2 Å². The van der Waals surface area contributed by atoms with E-state index >= 15 is 0 Å². The maximum absolute atomic E-state index is 13.0. The average Bonchev–Trinajstić information content (AvgIpc) is 3.33. The van der Waals surface area contributed by atoms with Crippen molar-refractivity contribution < 1.29 is 13.2 Å². The maximum Gasteiger partial charge on any atom is 0.248 e. The van der Waals surface area contributed by atoms with E-state index in [4.69, 9.17) is 0 Å². The molecule has 1 N–H and O–H groups in total. The number of nitrogens with one attached hydrogen (secondary N) is 1. The van der Waals surface area contributed by atoms with Crippen LogP contribution < -0.4 is 5.32 Å². The highest BCUT2D eigenvalue weighted by Crippen LogP contribution is 2.32. The van der Waals surface area contributed by atoms with Crippen molar-refractivity contribution in [1.29, 1.82) is 0 Å². The molecule has 7 nitrogen and oxygen atoms in total. The van der Waals surface area contributed by atoms with Crippen molar-refractivity contribution in [3.63, 3.8) is 0 Å². The number of nitrogens with zero attached hydrogens (tertiary/aromatic N) is 3. The quantitative estimate of drug-likeness (QED) is 0.784. The first-order chi connectivity index (χ1) is 12.9. The monoisotopic (exact) mass is 390 g/mol. The summed E-state index contributed by atoms with van der Waals surface area (Å²) in [6.45, 7) is 3.52. The number of amides is 1. The fraction of sp³-hybridized carbons (Fsp3) is 0.526. The molecule has 27 heavy (non-hydrogen) atoms. The van der Waals surface area contributed by atoms with E-state index in [1.807, 2.05) is 13.0 Å². The highest BCUT2D eigenvalue weighted by molar-refractivity contribution is 7.91. The van der Waals surface area contributed by atoms with Crippen molar-refractivity contribution in [2.75, 3.05) is 11.1 Å². The van der Waals surface area contributed by atoms with Crippen LogP contribution in [0.15, 0.2) is 35.9 Å². The first-order valence-corrected chi connectivity index (χ1v) is 11.0. The lowest BCUT2D eigenvalue weighted by atomic mass is 9.97. The smallest absolute Gasteiger partial charge is 0.248 e. The molecule has 1 aliphatic rings. The van der Waals surface area contributed by atoms with Crippen LogP contribution in [0.25, 0.3) is 0 Å². The van der Waals surface area contributed by atoms with Crippen molar-refractivity contribution in [3.8, 4) is 0 Å². The minimum atomic E-state index is -3.40. The van der Waals surface area contributed by atoms with Gasteiger partial charge < -0.3 is 9.88 Å². The number of aryl methyl sites for hydroxylation is 1. The van der Waals surface area contributed by atoms with Crippen molar-refractivity contribution in [1.82, 2.24) is 14.5 Å². The van der Waals surface area contributed by atoms with Crippen LogP contribution in [0.4, 0.5) is 5.82 Å². The minimum absolute atomic E-state index is 0.0164. The number of sulfone groups is 1. The predicted molar refractivity (Wildman–Crippen MR) is 103 cm³/mol. The van der Waals surface area contributed by atoms with Gasteiger partial charge in [-0.3, -0.25) is 4.79 Å². The molecule has 146 valence electrons. The van der Waals surface area contributed by atoms with Gasteiger partial charge in [0, 0.05) is 12.4 Å². The van der Waals surface area contributed by atoms with Crippen LogP contribution in [0.1, 0.15) is 50.6 Å². The van der Waals surface area contributed by atoms with E-state index in [1.165, 1.54) is 25.4 Å². The number of pyridine rings is 1. The fourth-order valence-corrected chi connectivity index (χ4v) is 4.26. The summed E-state index contributed by atoms with van der Waals surface area (Å²) in [6.07, 6.45) is 9.84. The van der Waals surface area contributed by atoms with Crippen LogP contribution in [-0.4, -0.2) is 34.6 Å². The van der Waals surface area contributed by atoms with Crippen molar-refractivity contribution in [2.24, 2.45) is 5.92 Å². The van der Waals surface area contributed by atoms with Gasteiger partial charge in [0.2, 0.25) is 5.91 Å². The lowest BCUT2D eigenvalue weighted by Crippen LogP contribution is -2.27. The van der Waals surface area contributed by atoms with Crippen LogP contribution in [0.5, 0.6) is 0 Å². The van der Waals surface area contributed by atoms with Gasteiger partial charge in [-0.15, -0.1) is 0 Å². The third kappa shape index (κ3) is 4.74. The zero-order valence-electron chi connectivity index (χ0n) is 15.8. The van der Waals surface area contributed by atoms with E-state index in [1.54, 1.807) is 23.8 Å². The van der Waals surface area contributed by atoms with E-state index in [0.717, 1.165) is 18.4 Å². The molecule has 8 heteroatoms. The zero-order chi connectivity index (χ0) is 19.4. The summed E-state index contributed by atoms with van der Waals surface area (Å²) in [4.78, 5) is 21.2. The van der Waals surface area contributed by atoms with Gasteiger partial charge >= 0.3 is 0 Å². The second-order valence-electron chi connectivity index (χ2n) is 7.17. The van der Waals surface area contributed by atoms with Gasteiger partial charge in [-0.05, 0) is 30.9 Å². The molecule has 1 fully saturated rings. The molecule has 0 saturated heterocycles. The molecule has 2 aromatic heterocycles. The Balaban J connectivity index is 1.83. The van der Waals surface area contributed by atoms with Gasteiger partial charge in [0.15, 0.2) is 14.9 Å². The Bertz CT molecular complexity index is 884. The third-order valence-corrected chi connectivity index (χ3v) is 6.74. The average molecular weight is 391 g/mol. The second kappa shape index (κ2) is 8.21. The summed E-state index contributed by atoms with van der Waals surface area (Å²) < 4.78 is 25.8. The molecular formula is C19H26N4O3S. The van der Waals surface area contributed by atoms with Crippen LogP contribution >= 0.6 is 0 Å². The van der Waals surface area contributed by atoms with Crippen LogP contribution in [0.3, 0.4) is 0 Å². The van der Waals surface area contributed by atoms with Gasteiger partial charge in [0.05, 0.1) is 12.1 Å². The van der Waals surface area contributed by atoms with Gasteiger partial charge in [0.1, 0.15) is 11.9 Å². The zero-order valence-corrected chi connectivity index (χ0v) is 16.6. The molecular weight excluding hydrogens is 364 g/mol. The summed E-state index contributed by atoms with van der Waals surface area (Å²) in [5, 5.41) is 2.87. The Hall–Kier alpha value is -2.22. The molecule has 1 aliphatic carbocycles. The highest BCUT2D eigenvalue weighted by Gasteiger charge is 2.28. The van der Waals surface area contributed by atoms with E-state index < -0.39 is 15.9 Å². The summed E-state index contributed by atoms with van der Waals surface area (Å²) in [5.41, 5.74) is 1.01. The SMILES string of the molecule is CCS(=O)(=O)c1cn([C@@H](CC2CCCC2)C(=O)Nc2ccc(C)cn2)cn1. The first-order valence-electron chi connectivity index (χ1n) is 9.39. The second-order valence-corrected chi connectivity index (χ2v) is 9.40. The number of anilines is 1. The molecule has 0 spiro atoms. The molecule has 0 unspecified atom stereocenters. The van der Waals surface area contributed by atoms with E-state index in [0.29, 0.717) is 18.2 Å². The van der Waals surface area contributed by atoms with E-state index in [-0.39, 0.29) is 16.7 Å². The molecule has 1 amide bonds. The molecule has 0 radical (unpaired) electrons. The van der Waals surface area contributed by atoms with Crippen molar-refractivity contribution in [2.45, 2.75) is 57.0 Å². The van der Waals surface area contributed by atoms with Gasteiger partial charge in [0.25, 0.3) is 0 Å². The van der Waals surface area contributed by atoms with Crippen LogP contribution in [-0.2, 0) is 14.6 Å². The lowest BCUT2D eigenvalue weighted by molar-refractivity contribution is -0.119. The molecule has 0 bridgehead atoms. The summed E-state index contributed by atoms with van der Waals surface area (Å²) in [6, 6.07) is 3.14. The van der Waals surface area contributed by atoms with Gasteiger partial charge in [-0.25, -0.2) is 18.4 Å². The maximum atomic E-state index is 13.0. The molecule has 0 aliphatic heterocycles. The number of rotatable bonds is 7. The lowest BCUT2D eigenvalue weighted by Gasteiger charge is -2.21. The normalized spacial score (nSPS) is 16.4. The first kappa shape index (κ1) is 19.5. The van der Waals surface area contributed by atoms with Crippen molar-refractivity contribution in [3.05, 3.63) is 36.4 Å². The standard InChI is InChI=1S/C19H26N4O3S/c1-3-27(25,26)18-12-23(13-21-18)16(10-15-6-4-5-7-15)19(24)22-17-9-8-14(2)11-20-17/h8-9,11-13,15-16H,3-7,10H2,1-2H3,(H,20,22,24)/t16-/m0/s1. The number of imidazole rings is 1. The Morgan fingerprint density at radius 1 is 1.30 bits per heavy atom. The Labute approximate surface area is 160 Å². The number of carbonyl (C=O) groups is 1. The molecule has 2 aromatic rings. The Morgan fingerprint density at radius 2 is 2.04 bits per heavy atom. The largest absolute Gasteiger partial charge is 0.324 e. The highest BCUT2D eigenvalue weighted by atomic mass is 32.2. The number of carbonyl (C=O) groups excluding carboxylic acids is 1. The van der Waals surface area contributed by atoms with Crippen molar-refractivity contribution >= 4 is 21.6 Å². The molecule has 2 heterocycles. The Morgan fingerprint density at radius 3 is 2.67 bits per heavy atom. The molecule has 0 aromatic carbocycles. The van der Waals surface area contributed by atoms with Gasteiger partial charge in [-0.1, -0.05) is 38.7 Å². The number of aromatic nitrogens is 3. The summed E-state index contributed by atoms with van der Waals surface area (Å²) >= 11 is 0. The third-order valence-electron chi connectivity index (χ3n) is 5.13. The fourth-order valence-electron chi connectivity index (χ4n) is 3.47. The topological polar surface area (TPSA) is 94.0 Å². The number of hydrogen-bond acceptors (Lipinski definition) is 5. The summed E-state index contributed by atoms with van der Waals surface area (Å²) in [5.74, 6) is 0.733. The molecule has 1 atom stereocenters. The Kier molecular flexibility index (Phi) is 5.94. The van der Waals surface area contributed by atoms with E-state index in [2.05, 4.69) is 15.3 Å². The van der Waals surface area contributed by atoms with Crippen LogP contribution in [0.2, 0.25) is 0 Å². The number of hydrogen-bond donors (Lipinski definition) is 1. The van der Waals surface area contributed by atoms with Crippen LogP contribution in [0, 0.1) is 12.8 Å². The minimum Gasteiger partial charge on any atom is -0.324 e. The van der Waals surface area contributed by atoms with Gasteiger partial charge in [-0.2, -0.15) is 0 Å².